The average Bonchev–Trinajstić information content (AvgIpc) is 2.48. The van der Waals surface area contributed by atoms with Crippen LogP contribution in [0.1, 0.15) is 46.5 Å². The van der Waals surface area contributed by atoms with Gasteiger partial charge in [0.05, 0.1) is 6.10 Å². The van der Waals surface area contributed by atoms with Crippen molar-refractivity contribution in [2.45, 2.75) is 58.8 Å². The van der Waals surface area contributed by atoms with Crippen LogP contribution < -0.4 is 0 Å². The van der Waals surface area contributed by atoms with Crippen molar-refractivity contribution in [3.8, 4) is 0 Å². The van der Waals surface area contributed by atoms with Gasteiger partial charge in [-0.15, -0.1) is 0 Å². The van der Waals surface area contributed by atoms with Crippen molar-refractivity contribution in [3.05, 3.63) is 0 Å². The van der Waals surface area contributed by atoms with Crippen molar-refractivity contribution in [2.75, 3.05) is 0 Å². The standard InChI is InChI=1S/C13H22O2/c1-12(2)9-6-7-13(12,3)11-8(9)4-5-10(14)15-11/h8-11,14H,4-7H2,1-3H3. The lowest BCUT2D eigenvalue weighted by atomic mass is 9.69. The molecule has 15 heavy (non-hydrogen) atoms. The molecule has 1 aliphatic heterocycles. The average molecular weight is 210 g/mol. The van der Waals surface area contributed by atoms with E-state index in [1.54, 1.807) is 0 Å². The van der Waals surface area contributed by atoms with Crippen molar-refractivity contribution >= 4 is 0 Å². The quantitative estimate of drug-likeness (QED) is 0.666. The Morgan fingerprint density at radius 1 is 1.13 bits per heavy atom. The molecule has 0 amide bonds. The molecule has 3 fully saturated rings. The van der Waals surface area contributed by atoms with E-state index in [2.05, 4.69) is 20.8 Å². The van der Waals surface area contributed by atoms with Gasteiger partial charge in [0.1, 0.15) is 0 Å². The van der Waals surface area contributed by atoms with Gasteiger partial charge in [-0.05, 0) is 48.3 Å². The Labute approximate surface area is 92.0 Å². The van der Waals surface area contributed by atoms with Gasteiger partial charge in [-0.1, -0.05) is 20.8 Å². The molecule has 0 aromatic heterocycles. The summed E-state index contributed by atoms with van der Waals surface area (Å²) in [5, 5.41) is 9.65. The van der Waals surface area contributed by atoms with E-state index in [1.165, 1.54) is 12.8 Å². The number of aliphatic hydroxyl groups excluding tert-OH is 1. The number of hydrogen-bond donors (Lipinski definition) is 1. The molecular formula is C13H22O2. The molecule has 0 spiro atoms. The van der Waals surface area contributed by atoms with Crippen molar-refractivity contribution in [1.82, 2.24) is 0 Å². The predicted molar refractivity (Wildman–Crippen MR) is 58.2 cm³/mol. The third-order valence-corrected chi connectivity index (χ3v) is 5.96. The first kappa shape index (κ1) is 10.1. The maximum atomic E-state index is 9.65. The first-order valence-corrected chi connectivity index (χ1v) is 6.30. The smallest absolute Gasteiger partial charge is 0.154 e. The maximum Gasteiger partial charge on any atom is 0.154 e. The molecule has 0 aromatic rings. The molecule has 1 saturated heterocycles. The van der Waals surface area contributed by atoms with Crippen molar-refractivity contribution in [1.29, 1.82) is 0 Å². The lowest BCUT2D eigenvalue weighted by molar-refractivity contribution is -0.212. The van der Waals surface area contributed by atoms with E-state index in [4.69, 9.17) is 4.74 Å². The first-order valence-electron chi connectivity index (χ1n) is 6.30. The minimum atomic E-state index is -0.502. The highest BCUT2D eigenvalue weighted by atomic mass is 16.6. The Bertz CT molecular complexity index is 286. The summed E-state index contributed by atoms with van der Waals surface area (Å²) in [6.07, 6.45) is 4.45. The summed E-state index contributed by atoms with van der Waals surface area (Å²) < 4.78 is 5.84. The number of aliphatic hydroxyl groups is 1. The molecule has 5 atom stereocenters. The number of ether oxygens (including phenoxy) is 1. The third kappa shape index (κ3) is 1.03. The summed E-state index contributed by atoms with van der Waals surface area (Å²) in [7, 11) is 0. The Kier molecular flexibility index (Phi) is 1.87. The Hall–Kier alpha value is -0.0800. The fraction of sp³-hybridized carbons (Fsp3) is 1.00. The molecule has 3 aliphatic rings. The minimum absolute atomic E-state index is 0.295. The van der Waals surface area contributed by atoms with Gasteiger partial charge in [-0.25, -0.2) is 0 Å². The summed E-state index contributed by atoms with van der Waals surface area (Å²) in [4.78, 5) is 0. The van der Waals surface area contributed by atoms with E-state index in [-0.39, 0.29) is 0 Å². The molecule has 86 valence electrons. The van der Waals surface area contributed by atoms with E-state index in [1.807, 2.05) is 0 Å². The third-order valence-electron chi connectivity index (χ3n) is 5.96. The summed E-state index contributed by atoms with van der Waals surface area (Å²) >= 11 is 0. The summed E-state index contributed by atoms with van der Waals surface area (Å²) in [5.74, 6) is 1.53. The molecule has 3 rings (SSSR count). The van der Waals surface area contributed by atoms with Crippen LogP contribution in [0.25, 0.3) is 0 Å². The Morgan fingerprint density at radius 2 is 1.87 bits per heavy atom. The van der Waals surface area contributed by atoms with Crippen LogP contribution in [0.3, 0.4) is 0 Å². The molecule has 2 aliphatic carbocycles. The Morgan fingerprint density at radius 3 is 2.60 bits per heavy atom. The van der Waals surface area contributed by atoms with E-state index in [0.717, 1.165) is 18.8 Å². The topological polar surface area (TPSA) is 29.5 Å². The van der Waals surface area contributed by atoms with Gasteiger partial charge in [-0.3, -0.25) is 0 Å². The van der Waals surface area contributed by atoms with Gasteiger partial charge >= 0.3 is 0 Å². The van der Waals surface area contributed by atoms with Crippen LogP contribution in [0.2, 0.25) is 0 Å². The Balaban J connectivity index is 1.98. The predicted octanol–water partition coefficient (Wildman–Crippen LogP) is 2.56. The van der Waals surface area contributed by atoms with Gasteiger partial charge in [0.2, 0.25) is 0 Å². The normalized spacial score (nSPS) is 56.8. The fourth-order valence-corrected chi connectivity index (χ4v) is 4.68. The van der Waals surface area contributed by atoms with Crippen LogP contribution in [0, 0.1) is 22.7 Å². The van der Waals surface area contributed by atoms with E-state index in [0.29, 0.717) is 22.9 Å². The molecule has 2 bridgehead atoms. The zero-order valence-corrected chi connectivity index (χ0v) is 9.99. The molecule has 1 heterocycles. The SMILES string of the molecule is CC1(C)C2CCC1(C)C1OC(O)CCC21. The molecule has 0 radical (unpaired) electrons. The van der Waals surface area contributed by atoms with Crippen LogP contribution in [0.4, 0.5) is 0 Å². The zero-order chi connectivity index (χ0) is 10.8. The second-order valence-electron chi connectivity index (χ2n) is 6.54. The lowest BCUT2D eigenvalue weighted by Crippen LogP contribution is -2.44. The fourth-order valence-electron chi connectivity index (χ4n) is 4.68. The molecule has 0 aromatic carbocycles. The minimum Gasteiger partial charge on any atom is -0.368 e. The second kappa shape index (κ2) is 2.78. The largest absolute Gasteiger partial charge is 0.368 e. The lowest BCUT2D eigenvalue weighted by Gasteiger charge is -2.43. The monoisotopic (exact) mass is 210 g/mol. The van der Waals surface area contributed by atoms with Gasteiger partial charge < -0.3 is 9.84 Å². The number of fused-ring (bicyclic) bond motifs is 5. The van der Waals surface area contributed by atoms with Crippen LogP contribution >= 0.6 is 0 Å². The van der Waals surface area contributed by atoms with E-state index >= 15 is 0 Å². The first-order chi connectivity index (χ1) is 6.97. The summed E-state index contributed by atoms with van der Waals surface area (Å²) in [6.45, 7) is 7.17. The van der Waals surface area contributed by atoms with E-state index in [9.17, 15) is 5.11 Å². The maximum absolute atomic E-state index is 9.65. The van der Waals surface area contributed by atoms with Gasteiger partial charge in [-0.2, -0.15) is 0 Å². The zero-order valence-electron chi connectivity index (χ0n) is 9.99. The molecule has 5 unspecified atom stereocenters. The number of rotatable bonds is 0. The van der Waals surface area contributed by atoms with Crippen molar-refractivity contribution < 1.29 is 9.84 Å². The van der Waals surface area contributed by atoms with Crippen molar-refractivity contribution in [2.24, 2.45) is 22.7 Å². The van der Waals surface area contributed by atoms with Gasteiger partial charge in [0, 0.05) is 0 Å². The second-order valence-corrected chi connectivity index (χ2v) is 6.54. The molecule has 1 N–H and O–H groups in total. The van der Waals surface area contributed by atoms with Gasteiger partial charge in [0.15, 0.2) is 6.29 Å². The summed E-state index contributed by atoms with van der Waals surface area (Å²) in [5.41, 5.74) is 0.691. The van der Waals surface area contributed by atoms with Crippen LogP contribution in [-0.2, 0) is 4.74 Å². The molecule has 2 nitrogen and oxygen atoms in total. The van der Waals surface area contributed by atoms with E-state index < -0.39 is 6.29 Å². The highest BCUT2D eigenvalue weighted by Gasteiger charge is 2.67. The molecular weight excluding hydrogens is 188 g/mol. The highest BCUT2D eigenvalue weighted by Crippen LogP contribution is 2.70. The van der Waals surface area contributed by atoms with Crippen LogP contribution in [0.5, 0.6) is 0 Å². The molecule has 2 saturated carbocycles. The highest BCUT2D eigenvalue weighted by molar-refractivity contribution is 5.15. The molecule has 2 heteroatoms. The van der Waals surface area contributed by atoms with Crippen LogP contribution in [0.15, 0.2) is 0 Å². The summed E-state index contributed by atoms with van der Waals surface area (Å²) in [6, 6.07) is 0. The van der Waals surface area contributed by atoms with Crippen molar-refractivity contribution in [3.63, 3.8) is 0 Å². The van der Waals surface area contributed by atoms with Crippen LogP contribution in [-0.4, -0.2) is 17.5 Å². The number of hydrogen-bond acceptors (Lipinski definition) is 2. The van der Waals surface area contributed by atoms with Gasteiger partial charge in [0.25, 0.3) is 0 Å².